The summed E-state index contributed by atoms with van der Waals surface area (Å²) in [5.41, 5.74) is 2.16. The molecule has 28 heavy (non-hydrogen) atoms. The number of aryl methyl sites for hydroxylation is 1. The van der Waals surface area contributed by atoms with Crippen LogP contribution in [0.25, 0.3) is 16.6 Å². The Morgan fingerprint density at radius 1 is 1.14 bits per heavy atom. The standard InChI is InChI=1S/C21H18FN3O3/c1-28-17-10-14(12-23-13-17)9-16(26)6-8-25-20-11-15(22)4-5-18(20)24-7-2-3-19(24)21(25)27/h2-5,7,10-13H,6,8-9H2,1H3. The lowest BCUT2D eigenvalue weighted by Crippen LogP contribution is -2.24. The molecule has 4 rings (SSSR count). The average molecular weight is 379 g/mol. The van der Waals surface area contributed by atoms with Gasteiger partial charge in [0.2, 0.25) is 0 Å². The molecule has 0 aliphatic rings. The lowest BCUT2D eigenvalue weighted by molar-refractivity contribution is -0.118. The SMILES string of the molecule is COc1cncc(CC(=O)CCn2c(=O)c3cccn3c3ccc(F)cc32)c1. The van der Waals surface area contributed by atoms with E-state index in [0.29, 0.717) is 22.3 Å². The molecule has 1 aromatic carbocycles. The van der Waals surface area contributed by atoms with Crippen LogP contribution in [0.1, 0.15) is 12.0 Å². The third kappa shape index (κ3) is 3.26. The van der Waals surface area contributed by atoms with Crippen molar-refractivity contribution in [1.82, 2.24) is 14.0 Å². The molecule has 0 amide bonds. The topological polar surface area (TPSA) is 65.6 Å². The van der Waals surface area contributed by atoms with E-state index < -0.39 is 5.82 Å². The number of hydrogen-bond acceptors (Lipinski definition) is 4. The average Bonchev–Trinajstić information content (AvgIpc) is 3.18. The fourth-order valence-corrected chi connectivity index (χ4v) is 3.38. The van der Waals surface area contributed by atoms with Crippen molar-refractivity contribution in [1.29, 1.82) is 0 Å². The van der Waals surface area contributed by atoms with Crippen molar-refractivity contribution < 1.29 is 13.9 Å². The number of fused-ring (bicyclic) bond motifs is 3. The van der Waals surface area contributed by atoms with Crippen LogP contribution in [0.3, 0.4) is 0 Å². The summed E-state index contributed by atoms with van der Waals surface area (Å²) in [6.45, 7) is 0.177. The minimum absolute atomic E-state index is 0.0400. The number of methoxy groups -OCH3 is 1. The molecule has 0 aliphatic carbocycles. The van der Waals surface area contributed by atoms with Gasteiger partial charge < -0.3 is 13.7 Å². The number of nitrogens with zero attached hydrogens (tertiary/aromatic N) is 3. The second-order valence-corrected chi connectivity index (χ2v) is 6.55. The number of benzene rings is 1. The van der Waals surface area contributed by atoms with Gasteiger partial charge in [0.05, 0.1) is 24.3 Å². The molecule has 0 unspecified atom stereocenters. The minimum atomic E-state index is -0.430. The first-order valence-electron chi connectivity index (χ1n) is 8.85. The molecule has 6 nitrogen and oxygen atoms in total. The van der Waals surface area contributed by atoms with Crippen molar-refractivity contribution in [3.05, 3.63) is 76.7 Å². The van der Waals surface area contributed by atoms with E-state index >= 15 is 0 Å². The van der Waals surface area contributed by atoms with Crippen molar-refractivity contribution in [2.75, 3.05) is 7.11 Å². The van der Waals surface area contributed by atoms with Gasteiger partial charge >= 0.3 is 0 Å². The van der Waals surface area contributed by atoms with Gasteiger partial charge in [-0.1, -0.05) is 0 Å². The molecule has 0 saturated carbocycles. The number of ether oxygens (including phenoxy) is 1. The molecule has 0 saturated heterocycles. The number of ketones is 1. The summed E-state index contributed by atoms with van der Waals surface area (Å²) in [6.07, 6.45) is 5.30. The van der Waals surface area contributed by atoms with Crippen molar-refractivity contribution in [2.45, 2.75) is 19.4 Å². The molecule has 0 spiro atoms. The molecule has 3 heterocycles. The molecule has 0 fully saturated rings. The largest absolute Gasteiger partial charge is 0.495 e. The van der Waals surface area contributed by atoms with Crippen LogP contribution in [0.15, 0.2) is 59.8 Å². The molecule has 0 bridgehead atoms. The third-order valence-corrected chi connectivity index (χ3v) is 4.72. The lowest BCUT2D eigenvalue weighted by Gasteiger charge is -2.12. The Morgan fingerprint density at radius 3 is 2.82 bits per heavy atom. The van der Waals surface area contributed by atoms with E-state index in [1.165, 1.54) is 23.8 Å². The van der Waals surface area contributed by atoms with E-state index in [4.69, 9.17) is 4.74 Å². The number of rotatable bonds is 6. The van der Waals surface area contributed by atoms with E-state index in [0.717, 1.165) is 5.56 Å². The first-order valence-corrected chi connectivity index (χ1v) is 8.85. The van der Waals surface area contributed by atoms with E-state index in [-0.39, 0.29) is 30.7 Å². The van der Waals surface area contributed by atoms with Crippen molar-refractivity contribution in [2.24, 2.45) is 0 Å². The number of carbonyl (C=O) groups is 1. The second-order valence-electron chi connectivity index (χ2n) is 6.55. The zero-order valence-corrected chi connectivity index (χ0v) is 15.3. The molecule has 4 aromatic rings. The number of halogens is 1. The van der Waals surface area contributed by atoms with Crippen LogP contribution in [-0.2, 0) is 17.8 Å². The summed E-state index contributed by atoms with van der Waals surface area (Å²) in [4.78, 5) is 29.3. The summed E-state index contributed by atoms with van der Waals surface area (Å²) in [6, 6.07) is 9.56. The van der Waals surface area contributed by atoms with E-state index in [1.807, 2.05) is 0 Å². The maximum absolute atomic E-state index is 13.8. The molecular formula is C21H18FN3O3. The summed E-state index contributed by atoms with van der Waals surface area (Å²) in [7, 11) is 1.54. The highest BCUT2D eigenvalue weighted by molar-refractivity contribution is 5.82. The maximum atomic E-state index is 13.8. The molecule has 142 valence electrons. The summed E-state index contributed by atoms with van der Waals surface area (Å²) >= 11 is 0. The monoisotopic (exact) mass is 379 g/mol. The van der Waals surface area contributed by atoms with Gasteiger partial charge in [0, 0.05) is 31.8 Å². The summed E-state index contributed by atoms with van der Waals surface area (Å²) in [5, 5.41) is 0. The summed E-state index contributed by atoms with van der Waals surface area (Å²) < 4.78 is 22.1. The van der Waals surface area contributed by atoms with Gasteiger partial charge in [-0.25, -0.2) is 4.39 Å². The van der Waals surface area contributed by atoms with Gasteiger partial charge in [0.1, 0.15) is 22.9 Å². The molecule has 0 radical (unpaired) electrons. The Kier molecular flexibility index (Phi) is 4.65. The van der Waals surface area contributed by atoms with Gasteiger partial charge in [0.25, 0.3) is 5.56 Å². The smallest absolute Gasteiger partial charge is 0.275 e. The van der Waals surface area contributed by atoms with Crippen LogP contribution in [0.2, 0.25) is 0 Å². The van der Waals surface area contributed by atoms with Crippen LogP contribution in [0.4, 0.5) is 4.39 Å². The Hall–Kier alpha value is -3.48. The molecule has 7 heteroatoms. The fourth-order valence-electron chi connectivity index (χ4n) is 3.38. The molecule has 0 aliphatic heterocycles. The third-order valence-electron chi connectivity index (χ3n) is 4.72. The van der Waals surface area contributed by atoms with Gasteiger partial charge in [-0.3, -0.25) is 14.6 Å². The number of aromatic nitrogens is 3. The maximum Gasteiger partial charge on any atom is 0.275 e. The highest BCUT2D eigenvalue weighted by atomic mass is 19.1. The quantitative estimate of drug-likeness (QED) is 0.517. The summed E-state index contributed by atoms with van der Waals surface area (Å²) in [5.74, 6) is 0.115. The minimum Gasteiger partial charge on any atom is -0.495 e. The highest BCUT2D eigenvalue weighted by Crippen LogP contribution is 2.17. The second kappa shape index (κ2) is 7.26. The zero-order valence-electron chi connectivity index (χ0n) is 15.3. The van der Waals surface area contributed by atoms with E-state index in [9.17, 15) is 14.0 Å². The van der Waals surface area contributed by atoms with Crippen LogP contribution in [0, 0.1) is 5.82 Å². The van der Waals surface area contributed by atoms with Gasteiger partial charge in [0.15, 0.2) is 0 Å². The van der Waals surface area contributed by atoms with Crippen LogP contribution >= 0.6 is 0 Å². The fraction of sp³-hybridized carbons (Fsp3) is 0.190. The predicted molar refractivity (Wildman–Crippen MR) is 103 cm³/mol. The first kappa shape index (κ1) is 17.9. The molecule has 3 aromatic heterocycles. The van der Waals surface area contributed by atoms with Gasteiger partial charge in [-0.2, -0.15) is 0 Å². The highest BCUT2D eigenvalue weighted by Gasteiger charge is 2.13. The lowest BCUT2D eigenvalue weighted by atomic mass is 10.1. The predicted octanol–water partition coefficient (Wildman–Crippen LogP) is 3.00. The number of carbonyl (C=O) groups excluding carboxylic acids is 1. The Labute approximate surface area is 159 Å². The normalized spacial score (nSPS) is 11.2. The van der Waals surface area contributed by atoms with Gasteiger partial charge in [-0.05, 0) is 42.0 Å². The van der Waals surface area contributed by atoms with E-state index in [2.05, 4.69) is 4.98 Å². The Bertz CT molecular complexity index is 1240. The zero-order chi connectivity index (χ0) is 19.7. The molecular weight excluding hydrogens is 361 g/mol. The van der Waals surface area contributed by atoms with Crippen molar-refractivity contribution in [3.8, 4) is 5.75 Å². The molecule has 0 atom stereocenters. The first-order chi connectivity index (χ1) is 13.6. The van der Waals surface area contributed by atoms with Crippen molar-refractivity contribution >= 4 is 22.3 Å². The van der Waals surface area contributed by atoms with E-state index in [1.54, 1.807) is 47.3 Å². The number of Topliss-reactive ketones (excluding diaryl/α,β-unsaturated/α-hetero) is 1. The van der Waals surface area contributed by atoms with Crippen molar-refractivity contribution in [3.63, 3.8) is 0 Å². The van der Waals surface area contributed by atoms with Crippen LogP contribution < -0.4 is 10.3 Å². The Morgan fingerprint density at radius 2 is 2.00 bits per heavy atom. The molecule has 0 N–H and O–H groups in total. The van der Waals surface area contributed by atoms with Crippen LogP contribution in [-0.4, -0.2) is 26.8 Å². The van der Waals surface area contributed by atoms with Gasteiger partial charge in [-0.15, -0.1) is 0 Å². The Balaban J connectivity index is 1.63. The number of pyridine rings is 1. The van der Waals surface area contributed by atoms with Crippen LogP contribution in [0.5, 0.6) is 5.75 Å². The number of hydrogen-bond donors (Lipinski definition) is 0.